The third-order valence-corrected chi connectivity index (χ3v) is 4.49. The number of carbonyl (C=O) groups excluding carboxylic acids is 2. The Kier molecular flexibility index (Phi) is 6.34. The minimum absolute atomic E-state index is 0.120. The van der Waals surface area contributed by atoms with Gasteiger partial charge in [0.1, 0.15) is 5.75 Å². The first kappa shape index (κ1) is 20.2. The summed E-state index contributed by atoms with van der Waals surface area (Å²) in [6.45, 7) is 5.88. The van der Waals surface area contributed by atoms with Crippen LogP contribution >= 0.6 is 0 Å². The molecule has 0 bridgehead atoms. The SMILES string of the molecule is Cc1ccc(C)c([C@H](C)NC(=O)COc2cccc(NC(=O)c3ccco3)c2)c1. The quantitative estimate of drug-likeness (QED) is 0.624. The van der Waals surface area contributed by atoms with Crippen molar-refractivity contribution in [3.05, 3.63) is 83.3 Å². The normalized spacial score (nSPS) is 11.6. The van der Waals surface area contributed by atoms with Crippen molar-refractivity contribution in [1.82, 2.24) is 5.32 Å². The fourth-order valence-electron chi connectivity index (χ4n) is 3.00. The number of amides is 2. The summed E-state index contributed by atoms with van der Waals surface area (Å²) in [5, 5.41) is 5.68. The van der Waals surface area contributed by atoms with Crippen LogP contribution in [0.2, 0.25) is 0 Å². The lowest BCUT2D eigenvalue weighted by atomic mass is 10.00. The number of hydrogen-bond acceptors (Lipinski definition) is 4. The summed E-state index contributed by atoms with van der Waals surface area (Å²) >= 11 is 0. The van der Waals surface area contributed by atoms with E-state index in [0.29, 0.717) is 11.4 Å². The van der Waals surface area contributed by atoms with Crippen LogP contribution in [0.3, 0.4) is 0 Å². The zero-order valence-corrected chi connectivity index (χ0v) is 16.7. The average molecular weight is 392 g/mol. The number of anilines is 1. The fraction of sp³-hybridized carbons (Fsp3) is 0.217. The molecule has 0 aliphatic rings. The number of carbonyl (C=O) groups is 2. The van der Waals surface area contributed by atoms with Crippen LogP contribution < -0.4 is 15.4 Å². The van der Waals surface area contributed by atoms with E-state index in [0.717, 1.165) is 16.7 Å². The molecule has 0 aliphatic carbocycles. The van der Waals surface area contributed by atoms with Crippen LogP contribution in [-0.2, 0) is 4.79 Å². The first-order chi connectivity index (χ1) is 13.9. The zero-order valence-electron chi connectivity index (χ0n) is 16.7. The molecule has 29 heavy (non-hydrogen) atoms. The Balaban J connectivity index is 1.55. The summed E-state index contributed by atoms with van der Waals surface area (Å²) in [5.74, 6) is 0.128. The standard InChI is InChI=1S/C23H24N2O4/c1-15-9-10-16(2)20(12-15)17(3)24-22(26)14-29-19-7-4-6-18(13-19)25-23(27)21-8-5-11-28-21/h4-13,17H,14H2,1-3H3,(H,24,26)(H,25,27)/t17-/m0/s1. The van der Waals surface area contributed by atoms with Gasteiger partial charge in [0.2, 0.25) is 0 Å². The molecule has 3 rings (SSSR count). The van der Waals surface area contributed by atoms with Crippen LogP contribution in [0.25, 0.3) is 0 Å². The molecule has 1 atom stereocenters. The molecule has 0 spiro atoms. The third kappa shape index (κ3) is 5.48. The molecule has 2 aromatic carbocycles. The molecular formula is C23H24N2O4. The number of rotatable bonds is 7. The van der Waals surface area contributed by atoms with Crippen molar-refractivity contribution in [3.8, 4) is 5.75 Å². The fourth-order valence-corrected chi connectivity index (χ4v) is 3.00. The summed E-state index contributed by atoms with van der Waals surface area (Å²) in [7, 11) is 0. The maximum atomic E-state index is 12.3. The molecule has 2 amide bonds. The Morgan fingerprint density at radius 3 is 2.66 bits per heavy atom. The van der Waals surface area contributed by atoms with Crippen molar-refractivity contribution < 1.29 is 18.7 Å². The van der Waals surface area contributed by atoms with Crippen LogP contribution in [0.4, 0.5) is 5.69 Å². The molecule has 0 radical (unpaired) electrons. The van der Waals surface area contributed by atoms with Crippen LogP contribution in [0.1, 0.15) is 40.2 Å². The van der Waals surface area contributed by atoms with E-state index in [-0.39, 0.29) is 30.2 Å². The minimum atomic E-state index is -0.354. The van der Waals surface area contributed by atoms with Gasteiger partial charge in [0, 0.05) is 11.8 Å². The van der Waals surface area contributed by atoms with E-state index in [1.807, 2.05) is 32.9 Å². The summed E-state index contributed by atoms with van der Waals surface area (Å²) < 4.78 is 10.7. The van der Waals surface area contributed by atoms with Crippen LogP contribution in [0.5, 0.6) is 5.75 Å². The van der Waals surface area contributed by atoms with Gasteiger partial charge in [-0.2, -0.15) is 0 Å². The molecule has 150 valence electrons. The number of nitrogens with one attached hydrogen (secondary N) is 2. The van der Waals surface area contributed by atoms with Gasteiger partial charge in [-0.25, -0.2) is 0 Å². The highest BCUT2D eigenvalue weighted by Crippen LogP contribution is 2.20. The summed E-state index contributed by atoms with van der Waals surface area (Å²) in [5.41, 5.74) is 3.91. The lowest BCUT2D eigenvalue weighted by Gasteiger charge is -2.17. The van der Waals surface area contributed by atoms with Crippen molar-refractivity contribution in [2.24, 2.45) is 0 Å². The second-order valence-electron chi connectivity index (χ2n) is 6.90. The van der Waals surface area contributed by atoms with Gasteiger partial charge in [-0.15, -0.1) is 0 Å². The van der Waals surface area contributed by atoms with E-state index >= 15 is 0 Å². The highest BCUT2D eigenvalue weighted by molar-refractivity contribution is 6.02. The van der Waals surface area contributed by atoms with Gasteiger partial charge in [-0.05, 0) is 56.2 Å². The van der Waals surface area contributed by atoms with Gasteiger partial charge in [0.05, 0.1) is 12.3 Å². The molecular weight excluding hydrogens is 368 g/mol. The Morgan fingerprint density at radius 1 is 1.07 bits per heavy atom. The van der Waals surface area contributed by atoms with E-state index < -0.39 is 0 Å². The smallest absolute Gasteiger partial charge is 0.291 e. The Bertz CT molecular complexity index is 996. The highest BCUT2D eigenvalue weighted by atomic mass is 16.5. The summed E-state index contributed by atoms with van der Waals surface area (Å²) in [4.78, 5) is 24.3. The average Bonchev–Trinajstić information content (AvgIpc) is 3.23. The van der Waals surface area contributed by atoms with Gasteiger partial charge in [0.25, 0.3) is 11.8 Å². The van der Waals surface area contributed by atoms with Gasteiger partial charge in [-0.1, -0.05) is 29.8 Å². The van der Waals surface area contributed by atoms with Crippen molar-refractivity contribution in [2.45, 2.75) is 26.8 Å². The van der Waals surface area contributed by atoms with Crippen molar-refractivity contribution in [1.29, 1.82) is 0 Å². The molecule has 2 N–H and O–H groups in total. The topological polar surface area (TPSA) is 80.6 Å². The van der Waals surface area contributed by atoms with Gasteiger partial charge in [0.15, 0.2) is 12.4 Å². The number of furan rings is 1. The molecule has 6 nitrogen and oxygen atoms in total. The van der Waals surface area contributed by atoms with Gasteiger partial charge in [-0.3, -0.25) is 9.59 Å². The van der Waals surface area contributed by atoms with Crippen molar-refractivity contribution in [3.63, 3.8) is 0 Å². The third-order valence-electron chi connectivity index (χ3n) is 4.49. The number of ether oxygens (including phenoxy) is 1. The molecule has 0 saturated heterocycles. The molecule has 0 saturated carbocycles. The Hall–Kier alpha value is -3.54. The molecule has 0 fully saturated rings. The molecule has 6 heteroatoms. The lowest BCUT2D eigenvalue weighted by Crippen LogP contribution is -2.31. The summed E-state index contributed by atoms with van der Waals surface area (Å²) in [6, 6.07) is 16.1. The van der Waals surface area contributed by atoms with Gasteiger partial charge < -0.3 is 19.8 Å². The predicted molar refractivity (Wildman–Crippen MR) is 111 cm³/mol. The molecule has 3 aromatic rings. The molecule has 0 aliphatic heterocycles. The van der Waals surface area contributed by atoms with Gasteiger partial charge >= 0.3 is 0 Å². The second kappa shape index (κ2) is 9.10. The summed E-state index contributed by atoms with van der Waals surface area (Å²) in [6.07, 6.45) is 1.44. The molecule has 0 unspecified atom stereocenters. The highest BCUT2D eigenvalue weighted by Gasteiger charge is 2.13. The second-order valence-corrected chi connectivity index (χ2v) is 6.90. The monoisotopic (exact) mass is 392 g/mol. The van der Waals surface area contributed by atoms with Crippen LogP contribution in [0.15, 0.2) is 65.3 Å². The maximum Gasteiger partial charge on any atom is 0.291 e. The largest absolute Gasteiger partial charge is 0.484 e. The van der Waals surface area contributed by atoms with E-state index in [9.17, 15) is 9.59 Å². The number of aryl methyl sites for hydroxylation is 2. The lowest BCUT2D eigenvalue weighted by molar-refractivity contribution is -0.123. The van der Waals surface area contributed by atoms with E-state index in [1.54, 1.807) is 36.4 Å². The first-order valence-electron chi connectivity index (χ1n) is 9.36. The molecule has 1 heterocycles. The Morgan fingerprint density at radius 2 is 1.90 bits per heavy atom. The van der Waals surface area contributed by atoms with E-state index in [2.05, 4.69) is 16.7 Å². The number of hydrogen-bond donors (Lipinski definition) is 2. The van der Waals surface area contributed by atoms with E-state index in [4.69, 9.17) is 9.15 Å². The van der Waals surface area contributed by atoms with Crippen LogP contribution in [-0.4, -0.2) is 18.4 Å². The zero-order chi connectivity index (χ0) is 20.8. The molecule has 1 aromatic heterocycles. The number of benzene rings is 2. The first-order valence-corrected chi connectivity index (χ1v) is 9.36. The van der Waals surface area contributed by atoms with Crippen molar-refractivity contribution >= 4 is 17.5 Å². The minimum Gasteiger partial charge on any atom is -0.484 e. The maximum absolute atomic E-state index is 12.3. The van der Waals surface area contributed by atoms with Crippen molar-refractivity contribution in [2.75, 3.05) is 11.9 Å². The van der Waals surface area contributed by atoms with Crippen LogP contribution in [0, 0.1) is 13.8 Å². The predicted octanol–water partition coefficient (Wildman–Crippen LogP) is 4.40. The Labute approximate surface area is 169 Å². The van der Waals surface area contributed by atoms with E-state index in [1.165, 1.54) is 6.26 Å².